The molecule has 0 N–H and O–H groups in total. The highest BCUT2D eigenvalue weighted by Gasteiger charge is 2.63. The van der Waals surface area contributed by atoms with Crippen LogP contribution in [0, 0.1) is 5.41 Å². The Labute approximate surface area is 159 Å². The average molecular weight is 395 g/mol. The van der Waals surface area contributed by atoms with Crippen LogP contribution in [0.25, 0.3) is 0 Å². The Bertz CT molecular complexity index is 877. The molecular formula is C19H20F3N3O3. The maximum Gasteiger partial charge on any atom is 0.416 e. The topological polar surface area (TPSA) is 60.9 Å². The summed E-state index contributed by atoms with van der Waals surface area (Å²) >= 11 is 0. The van der Waals surface area contributed by atoms with Crippen LogP contribution < -0.4 is 4.90 Å². The van der Waals surface area contributed by atoms with Crippen molar-refractivity contribution in [2.45, 2.75) is 51.5 Å². The van der Waals surface area contributed by atoms with Crippen molar-refractivity contribution in [1.82, 2.24) is 9.80 Å². The Kier molecular flexibility index (Phi) is 3.83. The second-order valence-corrected chi connectivity index (χ2v) is 8.52. The van der Waals surface area contributed by atoms with Gasteiger partial charge in [-0.3, -0.25) is 9.59 Å². The van der Waals surface area contributed by atoms with Crippen molar-refractivity contribution in [3.05, 3.63) is 29.8 Å². The van der Waals surface area contributed by atoms with Crippen LogP contribution in [0.5, 0.6) is 0 Å². The number of imide groups is 1. The molecule has 2 bridgehead atoms. The summed E-state index contributed by atoms with van der Waals surface area (Å²) in [6.45, 7) is 5.70. The summed E-state index contributed by atoms with van der Waals surface area (Å²) in [5.74, 6) is -0.680. The monoisotopic (exact) mass is 395 g/mol. The highest BCUT2D eigenvalue weighted by Crippen LogP contribution is 2.44. The minimum atomic E-state index is -4.58. The first-order valence-corrected chi connectivity index (χ1v) is 9.06. The molecule has 0 aromatic heterocycles. The zero-order valence-corrected chi connectivity index (χ0v) is 15.7. The number of fused-ring (bicyclic) bond motifs is 5. The molecule has 3 atom stereocenters. The van der Waals surface area contributed by atoms with Gasteiger partial charge in [0.05, 0.1) is 23.3 Å². The first kappa shape index (κ1) is 18.8. The average Bonchev–Trinajstić information content (AvgIpc) is 3.24. The first-order chi connectivity index (χ1) is 12.9. The lowest BCUT2D eigenvalue weighted by molar-refractivity contribution is -0.143. The van der Waals surface area contributed by atoms with Gasteiger partial charge < -0.3 is 9.80 Å². The lowest BCUT2D eigenvalue weighted by Crippen LogP contribution is -2.56. The summed E-state index contributed by atoms with van der Waals surface area (Å²) in [4.78, 5) is 42.5. The van der Waals surface area contributed by atoms with E-state index in [1.54, 1.807) is 25.7 Å². The van der Waals surface area contributed by atoms with Gasteiger partial charge in [0.15, 0.2) is 0 Å². The van der Waals surface area contributed by atoms with Crippen molar-refractivity contribution < 1.29 is 27.6 Å². The number of alkyl halides is 3. The van der Waals surface area contributed by atoms with Gasteiger partial charge in [-0.25, -0.2) is 9.69 Å². The van der Waals surface area contributed by atoms with Gasteiger partial charge in [-0.1, -0.05) is 26.8 Å². The minimum absolute atomic E-state index is 0.0996. The highest BCUT2D eigenvalue weighted by molar-refractivity contribution is 6.22. The number of halogens is 3. The van der Waals surface area contributed by atoms with Gasteiger partial charge in [-0.2, -0.15) is 13.2 Å². The van der Waals surface area contributed by atoms with Gasteiger partial charge in [0.25, 0.3) is 5.91 Å². The molecule has 0 aliphatic carbocycles. The van der Waals surface area contributed by atoms with Crippen molar-refractivity contribution in [1.29, 1.82) is 0 Å². The van der Waals surface area contributed by atoms with Crippen LogP contribution >= 0.6 is 0 Å². The Hall–Kier alpha value is -2.58. The molecule has 9 heteroatoms. The van der Waals surface area contributed by atoms with E-state index in [2.05, 4.69) is 0 Å². The fourth-order valence-electron chi connectivity index (χ4n) is 4.38. The van der Waals surface area contributed by atoms with E-state index in [9.17, 15) is 27.6 Å². The van der Waals surface area contributed by atoms with Crippen LogP contribution in [0.15, 0.2) is 24.3 Å². The van der Waals surface area contributed by atoms with E-state index < -0.39 is 41.2 Å². The number of piperazine rings is 1. The van der Waals surface area contributed by atoms with E-state index in [1.165, 1.54) is 17.0 Å². The lowest BCUT2D eigenvalue weighted by atomic mass is 9.93. The van der Waals surface area contributed by atoms with Gasteiger partial charge in [0.2, 0.25) is 5.91 Å². The molecule has 1 aromatic carbocycles. The predicted molar refractivity (Wildman–Crippen MR) is 93.3 cm³/mol. The molecule has 3 saturated heterocycles. The maximum absolute atomic E-state index is 13.0. The number of amides is 4. The van der Waals surface area contributed by atoms with Gasteiger partial charge in [-0.05, 0) is 24.6 Å². The fourth-order valence-corrected chi connectivity index (χ4v) is 4.38. The van der Waals surface area contributed by atoms with Crippen LogP contribution in [-0.4, -0.2) is 52.3 Å². The molecule has 0 radical (unpaired) electrons. The Morgan fingerprint density at radius 3 is 2.43 bits per heavy atom. The summed E-state index contributed by atoms with van der Waals surface area (Å²) in [7, 11) is 0. The zero-order chi connectivity index (χ0) is 20.6. The number of carbonyl (C=O) groups excluding carboxylic acids is 3. The molecule has 0 spiro atoms. The summed E-state index contributed by atoms with van der Waals surface area (Å²) < 4.78 is 39.1. The van der Waals surface area contributed by atoms with Crippen LogP contribution in [0.2, 0.25) is 0 Å². The third-order valence-electron chi connectivity index (χ3n) is 5.60. The number of hydrogen-bond acceptors (Lipinski definition) is 3. The molecule has 4 rings (SSSR count). The zero-order valence-electron chi connectivity index (χ0n) is 15.7. The van der Waals surface area contributed by atoms with Crippen molar-refractivity contribution in [2.24, 2.45) is 5.41 Å². The fraction of sp³-hybridized carbons (Fsp3) is 0.526. The smallest absolute Gasteiger partial charge is 0.334 e. The molecule has 3 fully saturated rings. The molecule has 3 aliphatic heterocycles. The largest absolute Gasteiger partial charge is 0.416 e. The third kappa shape index (κ3) is 2.59. The first-order valence-electron chi connectivity index (χ1n) is 9.06. The third-order valence-corrected chi connectivity index (χ3v) is 5.60. The molecule has 150 valence electrons. The van der Waals surface area contributed by atoms with Crippen molar-refractivity contribution in [3.8, 4) is 0 Å². The molecule has 4 amide bonds. The van der Waals surface area contributed by atoms with Gasteiger partial charge >= 0.3 is 12.2 Å². The second-order valence-electron chi connectivity index (χ2n) is 8.52. The van der Waals surface area contributed by atoms with Crippen LogP contribution in [-0.2, 0) is 15.8 Å². The number of anilines is 1. The number of hydrogen-bond donors (Lipinski definition) is 0. The normalized spacial score (nSPS) is 27.1. The number of urea groups is 1. The Morgan fingerprint density at radius 2 is 1.82 bits per heavy atom. The van der Waals surface area contributed by atoms with Gasteiger partial charge in [0, 0.05) is 12.0 Å². The second kappa shape index (κ2) is 5.71. The summed E-state index contributed by atoms with van der Waals surface area (Å²) in [6, 6.07) is 1.98. The van der Waals surface area contributed by atoms with Gasteiger partial charge in [-0.15, -0.1) is 0 Å². The number of likely N-dealkylation sites (tertiary alicyclic amines) is 1. The molecule has 3 heterocycles. The number of nitrogens with zero attached hydrogens (tertiary/aromatic N) is 3. The summed E-state index contributed by atoms with van der Waals surface area (Å²) in [5, 5.41) is 0. The summed E-state index contributed by atoms with van der Waals surface area (Å²) in [5.41, 5.74) is -1.65. The number of rotatable bonds is 1. The van der Waals surface area contributed by atoms with Crippen LogP contribution in [0.1, 0.15) is 32.8 Å². The predicted octanol–water partition coefficient (Wildman–Crippen LogP) is 2.87. The molecule has 3 aliphatic rings. The molecule has 0 saturated carbocycles. The number of benzene rings is 1. The van der Waals surface area contributed by atoms with Crippen LogP contribution in [0.3, 0.4) is 0 Å². The number of carbonyl (C=O) groups is 3. The molecule has 1 aromatic rings. The quantitative estimate of drug-likeness (QED) is 0.687. The van der Waals surface area contributed by atoms with Crippen molar-refractivity contribution >= 4 is 23.5 Å². The van der Waals surface area contributed by atoms with E-state index in [-0.39, 0.29) is 17.6 Å². The molecule has 2 unspecified atom stereocenters. The van der Waals surface area contributed by atoms with Crippen molar-refractivity contribution in [2.75, 3.05) is 11.4 Å². The standard InChI is InChI=1S/C19H20F3N3O3/c1-18(2,3)16(27)23-9-12-8-13(23)14-15(26)25(17(28)24(12)14)11-6-4-5-10(7-11)19(20,21)22/h4-7,12-14H,8-9H2,1-3H3/t12?,13?,14-/m1/s1. The van der Waals surface area contributed by atoms with E-state index in [0.717, 1.165) is 17.0 Å². The van der Waals surface area contributed by atoms with Crippen molar-refractivity contribution in [3.63, 3.8) is 0 Å². The van der Waals surface area contributed by atoms with Crippen LogP contribution in [0.4, 0.5) is 23.7 Å². The Morgan fingerprint density at radius 1 is 1.14 bits per heavy atom. The van der Waals surface area contributed by atoms with E-state index in [1.807, 2.05) is 0 Å². The molecule has 28 heavy (non-hydrogen) atoms. The maximum atomic E-state index is 13.0. The SMILES string of the molecule is CC(C)(C)C(=O)N1CC2CC1[C@@H]1C(=O)N(c3cccc(C(F)(F)F)c3)C(=O)N21. The van der Waals surface area contributed by atoms with E-state index in [0.29, 0.717) is 13.0 Å². The van der Waals surface area contributed by atoms with Gasteiger partial charge in [0.1, 0.15) is 6.04 Å². The lowest BCUT2D eigenvalue weighted by Gasteiger charge is -2.37. The molecular weight excluding hydrogens is 375 g/mol. The minimum Gasteiger partial charge on any atom is -0.334 e. The molecule has 6 nitrogen and oxygen atoms in total. The highest BCUT2D eigenvalue weighted by atomic mass is 19.4. The van der Waals surface area contributed by atoms with E-state index in [4.69, 9.17) is 0 Å². The summed E-state index contributed by atoms with van der Waals surface area (Å²) in [6.07, 6.45) is -4.06. The van der Waals surface area contributed by atoms with E-state index >= 15 is 0 Å². The Balaban J connectivity index is 1.66.